The number of ether oxygens (including phenoxy) is 1. The highest BCUT2D eigenvalue weighted by Crippen LogP contribution is 2.21. The lowest BCUT2D eigenvalue weighted by molar-refractivity contribution is 0.277. The van der Waals surface area contributed by atoms with E-state index in [2.05, 4.69) is 10.6 Å². The molecule has 0 aliphatic rings. The standard InChI is InChI=1S/C15H19FN2O/c1-18-9-3-6-15(18)12(7-8-17)11-19-14-5-2-4-13(16)10-14/h2-6,9-10,12H,7-8,11,17H2,1H3. The van der Waals surface area contributed by atoms with E-state index < -0.39 is 0 Å². The van der Waals surface area contributed by atoms with E-state index in [1.165, 1.54) is 17.8 Å². The number of aryl methyl sites for hydroxylation is 1. The lowest BCUT2D eigenvalue weighted by Gasteiger charge is -2.18. The average molecular weight is 262 g/mol. The number of benzene rings is 1. The summed E-state index contributed by atoms with van der Waals surface area (Å²) in [5, 5.41) is 0. The van der Waals surface area contributed by atoms with Gasteiger partial charge in [-0.1, -0.05) is 6.07 Å². The zero-order chi connectivity index (χ0) is 13.7. The second-order valence-electron chi connectivity index (χ2n) is 4.59. The fourth-order valence-corrected chi connectivity index (χ4v) is 2.17. The molecule has 2 rings (SSSR count). The van der Waals surface area contributed by atoms with E-state index in [0.717, 1.165) is 6.42 Å². The number of nitrogens with two attached hydrogens (primary N) is 1. The van der Waals surface area contributed by atoms with Crippen LogP contribution in [0.25, 0.3) is 0 Å². The first-order valence-electron chi connectivity index (χ1n) is 6.40. The Hall–Kier alpha value is -1.81. The third-order valence-corrected chi connectivity index (χ3v) is 3.16. The van der Waals surface area contributed by atoms with Crippen LogP contribution in [0.1, 0.15) is 18.0 Å². The second kappa shape index (κ2) is 6.38. The zero-order valence-corrected chi connectivity index (χ0v) is 11.1. The van der Waals surface area contributed by atoms with Crippen molar-refractivity contribution in [1.82, 2.24) is 4.57 Å². The SMILES string of the molecule is Cn1cccc1C(CCN)COc1cccc(F)c1. The summed E-state index contributed by atoms with van der Waals surface area (Å²) >= 11 is 0. The Labute approximate surface area is 112 Å². The Morgan fingerprint density at radius 2 is 2.16 bits per heavy atom. The molecular weight excluding hydrogens is 243 g/mol. The summed E-state index contributed by atoms with van der Waals surface area (Å²) in [5.74, 6) is 0.483. The predicted octanol–water partition coefficient (Wildman–Crippen LogP) is 2.68. The smallest absolute Gasteiger partial charge is 0.126 e. The third-order valence-electron chi connectivity index (χ3n) is 3.16. The van der Waals surface area contributed by atoms with Gasteiger partial charge in [-0.15, -0.1) is 0 Å². The van der Waals surface area contributed by atoms with Crippen LogP contribution >= 0.6 is 0 Å². The second-order valence-corrected chi connectivity index (χ2v) is 4.59. The van der Waals surface area contributed by atoms with Gasteiger partial charge in [0.15, 0.2) is 0 Å². The third kappa shape index (κ3) is 3.58. The van der Waals surface area contributed by atoms with Crippen LogP contribution in [0.3, 0.4) is 0 Å². The van der Waals surface area contributed by atoms with Crippen LogP contribution in [0, 0.1) is 5.82 Å². The van der Waals surface area contributed by atoms with Crippen molar-refractivity contribution in [3.05, 3.63) is 54.1 Å². The van der Waals surface area contributed by atoms with Gasteiger partial charge in [0.25, 0.3) is 0 Å². The van der Waals surface area contributed by atoms with E-state index >= 15 is 0 Å². The van der Waals surface area contributed by atoms with Gasteiger partial charge in [0.05, 0.1) is 6.61 Å². The van der Waals surface area contributed by atoms with E-state index in [1.807, 2.05) is 19.3 Å². The molecular formula is C15H19FN2O. The zero-order valence-electron chi connectivity index (χ0n) is 11.1. The molecule has 0 aliphatic heterocycles. The molecule has 0 saturated heterocycles. The molecule has 1 unspecified atom stereocenters. The molecule has 1 atom stereocenters. The maximum Gasteiger partial charge on any atom is 0.126 e. The van der Waals surface area contributed by atoms with Gasteiger partial charge in [0.1, 0.15) is 11.6 Å². The van der Waals surface area contributed by atoms with E-state index in [-0.39, 0.29) is 11.7 Å². The van der Waals surface area contributed by atoms with Crippen LogP contribution in [0.2, 0.25) is 0 Å². The lowest BCUT2D eigenvalue weighted by atomic mass is 10.0. The van der Waals surface area contributed by atoms with E-state index in [4.69, 9.17) is 10.5 Å². The minimum absolute atomic E-state index is 0.216. The Bertz CT molecular complexity index is 524. The molecule has 4 heteroatoms. The monoisotopic (exact) mass is 262 g/mol. The van der Waals surface area contributed by atoms with Crippen molar-refractivity contribution in [2.24, 2.45) is 12.8 Å². The normalized spacial score (nSPS) is 12.4. The van der Waals surface area contributed by atoms with Crippen LogP contribution in [-0.2, 0) is 7.05 Å². The van der Waals surface area contributed by atoms with Crippen LogP contribution in [0.15, 0.2) is 42.6 Å². The van der Waals surface area contributed by atoms with Gasteiger partial charge in [-0.05, 0) is 37.2 Å². The molecule has 0 bridgehead atoms. The van der Waals surface area contributed by atoms with E-state index in [0.29, 0.717) is 18.9 Å². The van der Waals surface area contributed by atoms with Crippen molar-refractivity contribution in [1.29, 1.82) is 0 Å². The fraction of sp³-hybridized carbons (Fsp3) is 0.333. The minimum Gasteiger partial charge on any atom is -0.493 e. The number of rotatable bonds is 6. The molecule has 0 amide bonds. The molecule has 0 spiro atoms. The summed E-state index contributed by atoms with van der Waals surface area (Å²) in [4.78, 5) is 0. The van der Waals surface area contributed by atoms with Gasteiger partial charge < -0.3 is 15.0 Å². The predicted molar refractivity (Wildman–Crippen MR) is 73.7 cm³/mol. The van der Waals surface area contributed by atoms with Crippen molar-refractivity contribution in [2.75, 3.05) is 13.2 Å². The molecule has 102 valence electrons. The molecule has 0 fully saturated rings. The Balaban J connectivity index is 2.04. The van der Waals surface area contributed by atoms with Gasteiger partial charge in [0.2, 0.25) is 0 Å². The lowest BCUT2D eigenvalue weighted by Crippen LogP contribution is -2.17. The molecule has 2 N–H and O–H groups in total. The van der Waals surface area contributed by atoms with Crippen molar-refractivity contribution in [2.45, 2.75) is 12.3 Å². The van der Waals surface area contributed by atoms with Crippen LogP contribution in [-0.4, -0.2) is 17.7 Å². The van der Waals surface area contributed by atoms with Gasteiger partial charge in [-0.25, -0.2) is 4.39 Å². The average Bonchev–Trinajstić information content (AvgIpc) is 2.81. The summed E-state index contributed by atoms with van der Waals surface area (Å²) in [6.45, 7) is 1.10. The topological polar surface area (TPSA) is 40.2 Å². The van der Waals surface area contributed by atoms with Crippen molar-refractivity contribution in [3.63, 3.8) is 0 Å². The largest absolute Gasteiger partial charge is 0.493 e. The highest BCUT2D eigenvalue weighted by molar-refractivity contribution is 5.23. The van der Waals surface area contributed by atoms with Crippen LogP contribution in [0.5, 0.6) is 5.75 Å². The van der Waals surface area contributed by atoms with Gasteiger partial charge >= 0.3 is 0 Å². The maximum atomic E-state index is 13.1. The van der Waals surface area contributed by atoms with E-state index in [1.54, 1.807) is 12.1 Å². The Morgan fingerprint density at radius 3 is 2.79 bits per heavy atom. The van der Waals surface area contributed by atoms with Gasteiger partial charge in [-0.3, -0.25) is 0 Å². The number of hydrogen-bond donors (Lipinski definition) is 1. The summed E-state index contributed by atoms with van der Waals surface area (Å²) in [5.41, 5.74) is 6.84. The molecule has 1 aromatic heterocycles. The number of nitrogens with zero attached hydrogens (tertiary/aromatic N) is 1. The summed E-state index contributed by atoms with van der Waals surface area (Å²) < 4.78 is 20.8. The Morgan fingerprint density at radius 1 is 1.32 bits per heavy atom. The maximum absolute atomic E-state index is 13.1. The summed E-state index contributed by atoms with van der Waals surface area (Å²) in [6, 6.07) is 10.3. The summed E-state index contributed by atoms with van der Waals surface area (Å²) in [6.07, 6.45) is 2.84. The molecule has 0 saturated carbocycles. The number of aromatic nitrogens is 1. The van der Waals surface area contributed by atoms with Gasteiger partial charge in [-0.2, -0.15) is 0 Å². The van der Waals surface area contributed by atoms with Crippen molar-refractivity contribution >= 4 is 0 Å². The summed E-state index contributed by atoms with van der Waals surface area (Å²) in [7, 11) is 2.00. The highest BCUT2D eigenvalue weighted by atomic mass is 19.1. The first-order chi connectivity index (χ1) is 9.20. The fourth-order valence-electron chi connectivity index (χ4n) is 2.17. The first-order valence-corrected chi connectivity index (χ1v) is 6.40. The molecule has 2 aromatic rings. The molecule has 1 aromatic carbocycles. The molecule has 3 nitrogen and oxygen atoms in total. The number of halogens is 1. The van der Waals surface area contributed by atoms with E-state index in [9.17, 15) is 4.39 Å². The van der Waals surface area contributed by atoms with Gasteiger partial charge in [0, 0.05) is 30.9 Å². The molecule has 0 radical (unpaired) electrons. The molecule has 1 heterocycles. The number of hydrogen-bond acceptors (Lipinski definition) is 2. The van der Waals surface area contributed by atoms with Crippen molar-refractivity contribution < 1.29 is 9.13 Å². The Kier molecular flexibility index (Phi) is 4.58. The molecule has 19 heavy (non-hydrogen) atoms. The quantitative estimate of drug-likeness (QED) is 0.869. The first kappa shape index (κ1) is 13.6. The van der Waals surface area contributed by atoms with Crippen molar-refractivity contribution in [3.8, 4) is 5.75 Å². The van der Waals surface area contributed by atoms with Crippen LogP contribution < -0.4 is 10.5 Å². The molecule has 0 aliphatic carbocycles. The van der Waals surface area contributed by atoms with Crippen LogP contribution in [0.4, 0.5) is 4.39 Å². The highest BCUT2D eigenvalue weighted by Gasteiger charge is 2.14. The minimum atomic E-state index is -0.285.